The van der Waals surface area contributed by atoms with Gasteiger partial charge in [-0.2, -0.15) is 0 Å². The molecule has 5 nitrogen and oxygen atoms in total. The number of likely N-dealkylation sites (tertiary alicyclic amines) is 1. The molecule has 122 valence electrons. The molecule has 1 amide bonds. The van der Waals surface area contributed by atoms with Crippen molar-refractivity contribution in [3.05, 3.63) is 29.8 Å². The first kappa shape index (κ1) is 17.0. The molecule has 0 radical (unpaired) electrons. The standard InChI is InChI=1S/C16H24N2O3S/c1-3-22(20,21)15-6-4-13(5-7-15)9-16(19)18-11-14(10-17)8-12(18)2/h4-7,12,14H,3,8-11,17H2,1-2H3. The van der Waals surface area contributed by atoms with Crippen molar-refractivity contribution in [1.82, 2.24) is 4.90 Å². The first-order chi connectivity index (χ1) is 10.4. The predicted molar refractivity (Wildman–Crippen MR) is 86.2 cm³/mol. The van der Waals surface area contributed by atoms with Crippen LogP contribution in [0.2, 0.25) is 0 Å². The number of nitrogens with zero attached hydrogens (tertiary/aromatic N) is 1. The summed E-state index contributed by atoms with van der Waals surface area (Å²) in [5.41, 5.74) is 6.52. The highest BCUT2D eigenvalue weighted by Crippen LogP contribution is 2.23. The van der Waals surface area contributed by atoms with Gasteiger partial charge in [0.15, 0.2) is 9.84 Å². The van der Waals surface area contributed by atoms with Gasteiger partial charge in [0, 0.05) is 12.6 Å². The predicted octanol–water partition coefficient (Wildman–Crippen LogP) is 1.22. The second kappa shape index (κ2) is 6.79. The van der Waals surface area contributed by atoms with E-state index in [1.807, 2.05) is 11.8 Å². The summed E-state index contributed by atoms with van der Waals surface area (Å²) in [5.74, 6) is 0.544. The minimum atomic E-state index is -3.19. The van der Waals surface area contributed by atoms with E-state index >= 15 is 0 Å². The van der Waals surface area contributed by atoms with E-state index in [2.05, 4.69) is 0 Å². The lowest BCUT2D eigenvalue weighted by Crippen LogP contribution is -2.35. The number of benzene rings is 1. The van der Waals surface area contributed by atoms with Crippen LogP contribution >= 0.6 is 0 Å². The minimum Gasteiger partial charge on any atom is -0.339 e. The Balaban J connectivity index is 2.04. The molecule has 1 aromatic carbocycles. The van der Waals surface area contributed by atoms with E-state index < -0.39 is 9.84 Å². The Hall–Kier alpha value is -1.40. The third-order valence-electron chi connectivity index (χ3n) is 4.33. The van der Waals surface area contributed by atoms with Crippen molar-refractivity contribution in [2.24, 2.45) is 11.7 Å². The van der Waals surface area contributed by atoms with Gasteiger partial charge in [-0.05, 0) is 43.5 Å². The molecule has 0 aromatic heterocycles. The first-order valence-electron chi connectivity index (χ1n) is 7.68. The summed E-state index contributed by atoms with van der Waals surface area (Å²) in [5, 5.41) is 0. The van der Waals surface area contributed by atoms with E-state index in [0.29, 0.717) is 23.8 Å². The molecule has 1 aromatic rings. The maximum absolute atomic E-state index is 12.4. The van der Waals surface area contributed by atoms with Crippen molar-refractivity contribution >= 4 is 15.7 Å². The zero-order valence-electron chi connectivity index (χ0n) is 13.2. The van der Waals surface area contributed by atoms with Crippen LogP contribution in [0.25, 0.3) is 0 Å². The van der Waals surface area contributed by atoms with Gasteiger partial charge in [0.1, 0.15) is 0 Å². The molecule has 1 aliphatic heterocycles. The van der Waals surface area contributed by atoms with Gasteiger partial charge in [0.25, 0.3) is 0 Å². The summed E-state index contributed by atoms with van der Waals surface area (Å²) in [6, 6.07) is 6.83. The fourth-order valence-corrected chi connectivity index (χ4v) is 3.80. The summed E-state index contributed by atoms with van der Waals surface area (Å²) in [6.07, 6.45) is 1.25. The summed E-state index contributed by atoms with van der Waals surface area (Å²) >= 11 is 0. The average molecular weight is 324 g/mol. The van der Waals surface area contributed by atoms with Crippen molar-refractivity contribution in [3.63, 3.8) is 0 Å². The number of sulfone groups is 1. The zero-order valence-corrected chi connectivity index (χ0v) is 14.0. The van der Waals surface area contributed by atoms with Crippen LogP contribution in [0.5, 0.6) is 0 Å². The van der Waals surface area contributed by atoms with Crippen LogP contribution in [0, 0.1) is 5.92 Å². The molecule has 2 unspecified atom stereocenters. The van der Waals surface area contributed by atoms with Crippen molar-refractivity contribution in [2.45, 2.75) is 37.6 Å². The van der Waals surface area contributed by atoms with Crippen LogP contribution in [0.3, 0.4) is 0 Å². The van der Waals surface area contributed by atoms with Crippen molar-refractivity contribution < 1.29 is 13.2 Å². The molecule has 1 fully saturated rings. The SMILES string of the molecule is CCS(=O)(=O)c1ccc(CC(=O)N2CC(CN)CC2C)cc1. The summed E-state index contributed by atoms with van der Waals surface area (Å²) < 4.78 is 23.5. The molecule has 2 atom stereocenters. The fourth-order valence-electron chi connectivity index (χ4n) is 2.92. The molecule has 1 aliphatic rings. The van der Waals surface area contributed by atoms with Gasteiger partial charge in [0.2, 0.25) is 5.91 Å². The molecule has 2 rings (SSSR count). The molecule has 1 heterocycles. The van der Waals surface area contributed by atoms with E-state index in [-0.39, 0.29) is 17.7 Å². The van der Waals surface area contributed by atoms with Gasteiger partial charge in [0.05, 0.1) is 17.1 Å². The Bertz CT molecular complexity index is 625. The van der Waals surface area contributed by atoms with Crippen LogP contribution in [-0.2, 0) is 21.1 Å². The second-order valence-electron chi connectivity index (χ2n) is 5.96. The Morgan fingerprint density at radius 3 is 2.45 bits per heavy atom. The molecule has 0 aliphatic carbocycles. The Morgan fingerprint density at radius 2 is 1.95 bits per heavy atom. The topological polar surface area (TPSA) is 80.5 Å². The summed E-state index contributed by atoms with van der Waals surface area (Å²) in [6.45, 7) is 5.00. The second-order valence-corrected chi connectivity index (χ2v) is 8.23. The average Bonchev–Trinajstić information content (AvgIpc) is 2.89. The minimum absolute atomic E-state index is 0.0783. The van der Waals surface area contributed by atoms with Crippen molar-refractivity contribution in [1.29, 1.82) is 0 Å². The molecule has 0 spiro atoms. The van der Waals surface area contributed by atoms with E-state index in [4.69, 9.17) is 5.73 Å². The number of hydrogen-bond donors (Lipinski definition) is 1. The normalized spacial score (nSPS) is 22.0. The van der Waals surface area contributed by atoms with Crippen LogP contribution in [-0.4, -0.2) is 44.1 Å². The lowest BCUT2D eigenvalue weighted by Gasteiger charge is -2.21. The maximum atomic E-state index is 12.4. The molecule has 0 bridgehead atoms. The van der Waals surface area contributed by atoms with Crippen LogP contribution in [0.1, 0.15) is 25.8 Å². The third kappa shape index (κ3) is 3.67. The zero-order chi connectivity index (χ0) is 16.3. The molecule has 22 heavy (non-hydrogen) atoms. The Morgan fingerprint density at radius 1 is 1.32 bits per heavy atom. The maximum Gasteiger partial charge on any atom is 0.227 e. The third-order valence-corrected chi connectivity index (χ3v) is 6.08. The molecular formula is C16H24N2O3S. The van der Waals surface area contributed by atoms with E-state index in [9.17, 15) is 13.2 Å². The monoisotopic (exact) mass is 324 g/mol. The van der Waals surface area contributed by atoms with Crippen LogP contribution < -0.4 is 5.73 Å². The van der Waals surface area contributed by atoms with E-state index in [0.717, 1.165) is 18.5 Å². The Kier molecular flexibility index (Phi) is 5.24. The quantitative estimate of drug-likeness (QED) is 0.883. The highest BCUT2D eigenvalue weighted by Gasteiger charge is 2.31. The smallest absolute Gasteiger partial charge is 0.227 e. The highest BCUT2D eigenvalue weighted by atomic mass is 32.2. The molecule has 6 heteroatoms. The Labute approximate surface area is 132 Å². The molecular weight excluding hydrogens is 300 g/mol. The van der Waals surface area contributed by atoms with Gasteiger partial charge in [-0.3, -0.25) is 4.79 Å². The van der Waals surface area contributed by atoms with Crippen LogP contribution in [0.15, 0.2) is 29.2 Å². The summed E-state index contributed by atoms with van der Waals surface area (Å²) in [4.78, 5) is 14.6. The first-order valence-corrected chi connectivity index (χ1v) is 9.33. The highest BCUT2D eigenvalue weighted by molar-refractivity contribution is 7.91. The van der Waals surface area contributed by atoms with Gasteiger partial charge < -0.3 is 10.6 Å². The largest absolute Gasteiger partial charge is 0.339 e. The molecule has 2 N–H and O–H groups in total. The molecule has 1 saturated heterocycles. The van der Waals surface area contributed by atoms with Gasteiger partial charge in [-0.25, -0.2) is 8.42 Å². The number of carbonyl (C=O) groups excluding carboxylic acids is 1. The van der Waals surface area contributed by atoms with Gasteiger partial charge >= 0.3 is 0 Å². The van der Waals surface area contributed by atoms with E-state index in [1.165, 1.54) is 0 Å². The number of nitrogens with two attached hydrogens (primary N) is 1. The van der Waals surface area contributed by atoms with Gasteiger partial charge in [-0.1, -0.05) is 19.1 Å². The van der Waals surface area contributed by atoms with Gasteiger partial charge in [-0.15, -0.1) is 0 Å². The van der Waals surface area contributed by atoms with Crippen LogP contribution in [0.4, 0.5) is 0 Å². The van der Waals surface area contributed by atoms with Crippen molar-refractivity contribution in [2.75, 3.05) is 18.8 Å². The lowest BCUT2D eigenvalue weighted by molar-refractivity contribution is -0.131. The number of hydrogen-bond acceptors (Lipinski definition) is 4. The lowest BCUT2D eigenvalue weighted by atomic mass is 10.1. The molecule has 0 saturated carbocycles. The summed E-state index contributed by atoms with van der Waals surface area (Å²) in [7, 11) is -3.19. The fraction of sp³-hybridized carbons (Fsp3) is 0.562. The van der Waals surface area contributed by atoms with Crippen molar-refractivity contribution in [3.8, 4) is 0 Å². The number of rotatable bonds is 5. The van der Waals surface area contributed by atoms with E-state index in [1.54, 1.807) is 31.2 Å². The number of amides is 1. The number of carbonyl (C=O) groups is 1.